The third-order valence-corrected chi connectivity index (χ3v) is 2.16. The molecule has 0 bridgehead atoms. The van der Waals surface area contributed by atoms with E-state index in [0.29, 0.717) is 0 Å². The Bertz CT molecular complexity index is 186. The molecule has 1 aliphatic rings. The van der Waals surface area contributed by atoms with Crippen molar-refractivity contribution in [2.24, 2.45) is 0 Å². The molecule has 1 rings (SSSR count). The van der Waals surface area contributed by atoms with E-state index in [0.717, 1.165) is 6.42 Å². The summed E-state index contributed by atoms with van der Waals surface area (Å²) < 4.78 is 0. The van der Waals surface area contributed by atoms with E-state index in [1.165, 1.54) is 24.0 Å². The highest BCUT2D eigenvalue weighted by Gasteiger charge is 1.95. The largest absolute Gasteiger partial charge is 0.0917 e. The molecule has 0 aromatic heterocycles. The Balaban J connectivity index is 0. The molecule has 0 unspecified atom stereocenters. The van der Waals surface area contributed by atoms with Gasteiger partial charge in [-0.05, 0) is 40.0 Å². The van der Waals surface area contributed by atoms with Crippen molar-refractivity contribution >= 4 is 0 Å². The Morgan fingerprint density at radius 3 is 1.60 bits per heavy atom. The van der Waals surface area contributed by atoms with Gasteiger partial charge in [-0.3, -0.25) is 0 Å². The third kappa shape index (κ3) is 11.1. The third-order valence-electron chi connectivity index (χ3n) is 2.16. The molecule has 15 heavy (non-hydrogen) atoms. The SMILES string of the molecule is C/C=C\CC.CC.CC1=CCCC=C1C. The number of allylic oxidation sites excluding steroid dienone is 6. The fraction of sp³-hybridized carbons (Fsp3) is 0.600. The van der Waals surface area contributed by atoms with Crippen LogP contribution in [0, 0.1) is 0 Å². The van der Waals surface area contributed by atoms with Gasteiger partial charge in [-0.25, -0.2) is 0 Å². The smallest absolute Gasteiger partial charge is 0.0310 e. The molecule has 0 aromatic carbocycles. The Morgan fingerprint density at radius 1 is 1.07 bits per heavy atom. The van der Waals surface area contributed by atoms with Crippen LogP contribution in [0.3, 0.4) is 0 Å². The zero-order valence-electron chi connectivity index (χ0n) is 11.4. The average molecular weight is 208 g/mol. The van der Waals surface area contributed by atoms with Crippen molar-refractivity contribution in [3.8, 4) is 0 Å². The second-order valence-corrected chi connectivity index (χ2v) is 3.33. The van der Waals surface area contributed by atoms with E-state index in [-0.39, 0.29) is 0 Å². The minimum absolute atomic E-state index is 1.16. The van der Waals surface area contributed by atoms with Crippen molar-refractivity contribution in [2.75, 3.05) is 0 Å². The maximum atomic E-state index is 2.30. The Hall–Kier alpha value is -0.780. The molecular formula is C15H28. The predicted octanol–water partition coefficient (Wildman–Crippen LogP) is 5.67. The van der Waals surface area contributed by atoms with Gasteiger partial charge in [0, 0.05) is 0 Å². The molecule has 0 saturated carbocycles. The summed E-state index contributed by atoms with van der Waals surface area (Å²) >= 11 is 0. The van der Waals surface area contributed by atoms with E-state index in [9.17, 15) is 0 Å². The molecule has 0 spiro atoms. The number of rotatable bonds is 1. The van der Waals surface area contributed by atoms with Crippen molar-refractivity contribution in [3.63, 3.8) is 0 Å². The number of hydrogen-bond acceptors (Lipinski definition) is 0. The van der Waals surface area contributed by atoms with Gasteiger partial charge in [0.05, 0.1) is 0 Å². The monoisotopic (exact) mass is 208 g/mol. The van der Waals surface area contributed by atoms with Gasteiger partial charge in [0.2, 0.25) is 0 Å². The molecule has 0 aliphatic heterocycles. The van der Waals surface area contributed by atoms with Crippen LogP contribution >= 0.6 is 0 Å². The maximum Gasteiger partial charge on any atom is -0.0310 e. The normalized spacial score (nSPS) is 14.3. The van der Waals surface area contributed by atoms with Crippen molar-refractivity contribution in [1.29, 1.82) is 0 Å². The highest BCUT2D eigenvalue weighted by molar-refractivity contribution is 5.29. The van der Waals surface area contributed by atoms with E-state index >= 15 is 0 Å². The van der Waals surface area contributed by atoms with Gasteiger partial charge in [0.1, 0.15) is 0 Å². The molecule has 0 aromatic rings. The molecule has 0 heterocycles. The summed E-state index contributed by atoms with van der Waals surface area (Å²) in [6.07, 6.45) is 12.4. The minimum atomic E-state index is 1.16. The molecule has 0 saturated heterocycles. The highest BCUT2D eigenvalue weighted by Crippen LogP contribution is 2.16. The maximum absolute atomic E-state index is 2.30. The van der Waals surface area contributed by atoms with Crippen LogP contribution in [-0.4, -0.2) is 0 Å². The summed E-state index contributed by atoms with van der Waals surface area (Å²) in [5.74, 6) is 0. The second kappa shape index (κ2) is 13.2. The van der Waals surface area contributed by atoms with Crippen LogP contribution < -0.4 is 0 Å². The van der Waals surface area contributed by atoms with E-state index in [2.05, 4.69) is 45.1 Å². The van der Waals surface area contributed by atoms with Crippen molar-refractivity contribution < 1.29 is 0 Å². The van der Waals surface area contributed by atoms with Gasteiger partial charge in [0.15, 0.2) is 0 Å². The van der Waals surface area contributed by atoms with E-state index < -0.39 is 0 Å². The molecule has 0 fully saturated rings. The van der Waals surface area contributed by atoms with E-state index in [4.69, 9.17) is 0 Å². The van der Waals surface area contributed by atoms with E-state index in [1.54, 1.807) is 0 Å². The molecule has 0 amide bonds. The first-order valence-corrected chi connectivity index (χ1v) is 6.17. The van der Waals surface area contributed by atoms with Crippen LogP contribution in [0.4, 0.5) is 0 Å². The summed E-state index contributed by atoms with van der Waals surface area (Å²) in [7, 11) is 0. The predicted molar refractivity (Wildman–Crippen MR) is 73.2 cm³/mol. The van der Waals surface area contributed by atoms with Crippen LogP contribution in [0.25, 0.3) is 0 Å². The highest BCUT2D eigenvalue weighted by atomic mass is 14.0. The van der Waals surface area contributed by atoms with Gasteiger partial charge in [-0.15, -0.1) is 0 Å². The molecule has 1 aliphatic carbocycles. The lowest BCUT2D eigenvalue weighted by Gasteiger charge is -2.05. The molecular weight excluding hydrogens is 180 g/mol. The zero-order chi connectivity index (χ0) is 12.1. The molecule has 0 heteroatoms. The first-order chi connectivity index (χ1) is 7.22. The second-order valence-electron chi connectivity index (χ2n) is 3.33. The Labute approximate surface area is 96.8 Å². The summed E-state index contributed by atoms with van der Waals surface area (Å²) in [6.45, 7) is 12.5. The summed E-state index contributed by atoms with van der Waals surface area (Å²) in [5.41, 5.74) is 2.91. The van der Waals surface area contributed by atoms with Gasteiger partial charge >= 0.3 is 0 Å². The fourth-order valence-electron chi connectivity index (χ4n) is 1.16. The molecule has 0 nitrogen and oxygen atoms in total. The van der Waals surface area contributed by atoms with Gasteiger partial charge in [-0.1, -0.05) is 56.2 Å². The van der Waals surface area contributed by atoms with Gasteiger partial charge in [0.25, 0.3) is 0 Å². The minimum Gasteiger partial charge on any atom is -0.0917 e. The Kier molecular flexibility index (Phi) is 14.7. The Morgan fingerprint density at radius 2 is 1.47 bits per heavy atom. The van der Waals surface area contributed by atoms with Gasteiger partial charge < -0.3 is 0 Å². The standard InChI is InChI=1S/C8H12.C5H10.C2H6/c1-7-5-3-4-6-8(7)2;1-3-5-4-2;1-2/h5-6H,3-4H2,1-2H3;3,5H,4H2,1-2H3;1-2H3/b;5-3-;. The first-order valence-electron chi connectivity index (χ1n) is 6.17. The van der Waals surface area contributed by atoms with E-state index in [1.807, 2.05) is 20.8 Å². The van der Waals surface area contributed by atoms with Crippen molar-refractivity contribution in [1.82, 2.24) is 0 Å². The van der Waals surface area contributed by atoms with Crippen LogP contribution in [0.2, 0.25) is 0 Å². The lowest BCUT2D eigenvalue weighted by Crippen LogP contribution is -1.85. The van der Waals surface area contributed by atoms with Gasteiger partial charge in [-0.2, -0.15) is 0 Å². The quantitative estimate of drug-likeness (QED) is 0.487. The fourth-order valence-corrected chi connectivity index (χ4v) is 1.16. The summed E-state index contributed by atoms with van der Waals surface area (Å²) in [4.78, 5) is 0. The molecule has 88 valence electrons. The van der Waals surface area contributed by atoms with Crippen molar-refractivity contribution in [3.05, 3.63) is 35.5 Å². The number of hydrogen-bond donors (Lipinski definition) is 0. The molecule has 0 N–H and O–H groups in total. The van der Waals surface area contributed by atoms with Crippen LogP contribution in [0.1, 0.15) is 60.8 Å². The summed E-state index contributed by atoms with van der Waals surface area (Å²) in [5, 5.41) is 0. The molecule has 0 radical (unpaired) electrons. The lowest BCUT2D eigenvalue weighted by atomic mass is 10.0. The van der Waals surface area contributed by atoms with Crippen LogP contribution in [-0.2, 0) is 0 Å². The molecule has 0 atom stereocenters. The first kappa shape index (κ1) is 16.6. The zero-order valence-corrected chi connectivity index (χ0v) is 11.4. The summed E-state index contributed by atoms with van der Waals surface area (Å²) in [6, 6.07) is 0. The van der Waals surface area contributed by atoms with Crippen molar-refractivity contribution in [2.45, 2.75) is 60.8 Å². The lowest BCUT2D eigenvalue weighted by molar-refractivity contribution is 0.990. The van der Waals surface area contributed by atoms with Crippen LogP contribution in [0.5, 0.6) is 0 Å². The van der Waals surface area contributed by atoms with Crippen LogP contribution in [0.15, 0.2) is 35.5 Å². The average Bonchev–Trinajstić information content (AvgIpc) is 2.27. The topological polar surface area (TPSA) is 0 Å².